The van der Waals surface area contributed by atoms with E-state index in [-0.39, 0.29) is 0 Å². The van der Waals surface area contributed by atoms with Gasteiger partial charge in [0.05, 0.1) is 0 Å². The van der Waals surface area contributed by atoms with E-state index in [2.05, 4.69) is 26.1 Å². The molecule has 0 bridgehead atoms. The molecule has 0 aromatic rings. The van der Waals surface area contributed by atoms with Crippen LogP contribution < -0.4 is 5.32 Å². The molecule has 0 spiro atoms. The Labute approximate surface area is 89.7 Å². The van der Waals surface area contributed by atoms with E-state index in [4.69, 9.17) is 0 Å². The fourth-order valence-corrected chi connectivity index (χ4v) is 2.77. The van der Waals surface area contributed by atoms with Gasteiger partial charge < -0.3 is 5.32 Å². The van der Waals surface area contributed by atoms with Gasteiger partial charge >= 0.3 is 0 Å². The number of rotatable bonds is 5. The second kappa shape index (κ2) is 5.75. The van der Waals surface area contributed by atoms with E-state index >= 15 is 0 Å². The summed E-state index contributed by atoms with van der Waals surface area (Å²) in [6.45, 7) is 9.67. The highest BCUT2D eigenvalue weighted by molar-refractivity contribution is 4.84. The predicted octanol–water partition coefficient (Wildman–Crippen LogP) is 3.59. The zero-order valence-electron chi connectivity index (χ0n) is 10.2. The third kappa shape index (κ3) is 2.98. The smallest absolute Gasteiger partial charge is 0.00461 e. The van der Waals surface area contributed by atoms with E-state index in [0.29, 0.717) is 5.41 Å². The highest BCUT2D eigenvalue weighted by Crippen LogP contribution is 2.40. The predicted molar refractivity (Wildman–Crippen MR) is 63.5 cm³/mol. The lowest BCUT2D eigenvalue weighted by Gasteiger charge is -2.40. The van der Waals surface area contributed by atoms with Crippen molar-refractivity contribution in [2.75, 3.05) is 13.1 Å². The highest BCUT2D eigenvalue weighted by Gasteiger charge is 2.32. The first kappa shape index (κ1) is 12.0. The van der Waals surface area contributed by atoms with Crippen molar-refractivity contribution in [3.05, 3.63) is 0 Å². The molecule has 1 rings (SSSR count). The molecule has 0 saturated carbocycles. The van der Waals surface area contributed by atoms with E-state index in [1.54, 1.807) is 0 Å². The monoisotopic (exact) mass is 197 g/mol. The van der Waals surface area contributed by atoms with Crippen LogP contribution in [0.4, 0.5) is 0 Å². The number of hydrogen-bond donors (Lipinski definition) is 1. The molecule has 1 aliphatic heterocycles. The van der Waals surface area contributed by atoms with Gasteiger partial charge in [-0.25, -0.2) is 0 Å². The van der Waals surface area contributed by atoms with E-state index in [9.17, 15) is 0 Å². The lowest BCUT2D eigenvalue weighted by molar-refractivity contribution is 0.122. The molecule has 0 aliphatic carbocycles. The Balaban J connectivity index is 2.47. The zero-order valence-corrected chi connectivity index (χ0v) is 10.2. The Hall–Kier alpha value is -0.0400. The molecule has 1 heteroatoms. The average molecular weight is 197 g/mol. The van der Waals surface area contributed by atoms with Crippen molar-refractivity contribution in [3.8, 4) is 0 Å². The van der Waals surface area contributed by atoms with Crippen LogP contribution in [0.15, 0.2) is 0 Å². The summed E-state index contributed by atoms with van der Waals surface area (Å²) in [4.78, 5) is 0. The minimum absolute atomic E-state index is 0.623. The average Bonchev–Trinajstić information content (AvgIpc) is 2.27. The van der Waals surface area contributed by atoms with Gasteiger partial charge in [0.15, 0.2) is 0 Å². The summed E-state index contributed by atoms with van der Waals surface area (Å²) in [5, 5.41) is 3.47. The number of unbranched alkanes of at least 4 members (excludes halogenated alkanes) is 1. The molecule has 1 saturated heterocycles. The van der Waals surface area contributed by atoms with Crippen molar-refractivity contribution < 1.29 is 0 Å². The summed E-state index contributed by atoms with van der Waals surface area (Å²) in [7, 11) is 0. The molecule has 0 aromatic carbocycles. The van der Waals surface area contributed by atoms with Crippen molar-refractivity contribution in [1.29, 1.82) is 0 Å². The van der Waals surface area contributed by atoms with Crippen LogP contribution in [0.25, 0.3) is 0 Å². The molecular weight excluding hydrogens is 170 g/mol. The van der Waals surface area contributed by atoms with E-state index < -0.39 is 0 Å². The first-order valence-corrected chi connectivity index (χ1v) is 6.43. The van der Waals surface area contributed by atoms with E-state index in [1.165, 1.54) is 51.6 Å². The Morgan fingerprint density at radius 2 is 1.86 bits per heavy atom. The second-order valence-corrected chi connectivity index (χ2v) is 5.14. The third-order valence-electron chi connectivity index (χ3n) is 4.23. The molecule has 1 aliphatic rings. The molecule has 14 heavy (non-hydrogen) atoms. The first-order valence-electron chi connectivity index (χ1n) is 6.43. The lowest BCUT2D eigenvalue weighted by atomic mass is 9.68. The SMILES string of the molecule is CCCCC(C)(CC)C1CCNCC1. The fraction of sp³-hybridized carbons (Fsp3) is 1.00. The van der Waals surface area contributed by atoms with Crippen LogP contribution in [0, 0.1) is 11.3 Å². The van der Waals surface area contributed by atoms with Crippen molar-refractivity contribution in [2.45, 2.75) is 59.3 Å². The Bertz CT molecular complexity index is 149. The molecule has 84 valence electrons. The van der Waals surface area contributed by atoms with Gasteiger partial charge in [0.2, 0.25) is 0 Å². The molecule has 1 heterocycles. The molecule has 1 nitrogen and oxygen atoms in total. The van der Waals surface area contributed by atoms with Gasteiger partial charge in [0.1, 0.15) is 0 Å². The number of piperidine rings is 1. The van der Waals surface area contributed by atoms with Gasteiger partial charge in [0.25, 0.3) is 0 Å². The summed E-state index contributed by atoms with van der Waals surface area (Å²) in [5.41, 5.74) is 0.623. The van der Waals surface area contributed by atoms with Crippen LogP contribution in [0.5, 0.6) is 0 Å². The van der Waals surface area contributed by atoms with Crippen LogP contribution in [-0.2, 0) is 0 Å². The van der Waals surface area contributed by atoms with Crippen molar-refractivity contribution in [3.63, 3.8) is 0 Å². The number of hydrogen-bond acceptors (Lipinski definition) is 1. The molecule has 1 N–H and O–H groups in total. The van der Waals surface area contributed by atoms with Gasteiger partial charge in [-0.1, -0.05) is 40.0 Å². The molecule has 0 radical (unpaired) electrons. The van der Waals surface area contributed by atoms with Crippen molar-refractivity contribution in [2.24, 2.45) is 11.3 Å². The van der Waals surface area contributed by atoms with Gasteiger partial charge in [-0.2, -0.15) is 0 Å². The van der Waals surface area contributed by atoms with Gasteiger partial charge in [-0.05, 0) is 43.7 Å². The van der Waals surface area contributed by atoms with E-state index in [1.807, 2.05) is 0 Å². The van der Waals surface area contributed by atoms with Crippen molar-refractivity contribution >= 4 is 0 Å². The maximum absolute atomic E-state index is 3.47. The lowest BCUT2D eigenvalue weighted by Crippen LogP contribution is -2.37. The van der Waals surface area contributed by atoms with Crippen molar-refractivity contribution in [1.82, 2.24) is 5.32 Å². The summed E-state index contributed by atoms with van der Waals surface area (Å²) in [6.07, 6.45) is 8.35. The first-order chi connectivity index (χ1) is 6.73. The Morgan fingerprint density at radius 1 is 1.21 bits per heavy atom. The highest BCUT2D eigenvalue weighted by atomic mass is 14.9. The molecule has 0 aromatic heterocycles. The fourth-order valence-electron chi connectivity index (χ4n) is 2.77. The Morgan fingerprint density at radius 3 is 2.36 bits per heavy atom. The normalized spacial score (nSPS) is 23.4. The van der Waals surface area contributed by atoms with Crippen LogP contribution in [0.3, 0.4) is 0 Å². The molecule has 1 atom stereocenters. The zero-order chi connectivity index (χ0) is 10.4. The van der Waals surface area contributed by atoms with Gasteiger partial charge in [0, 0.05) is 0 Å². The second-order valence-electron chi connectivity index (χ2n) is 5.14. The summed E-state index contributed by atoms with van der Waals surface area (Å²) >= 11 is 0. The van der Waals surface area contributed by atoms with Crippen LogP contribution in [0.1, 0.15) is 59.3 Å². The van der Waals surface area contributed by atoms with Crippen LogP contribution in [0.2, 0.25) is 0 Å². The molecule has 0 amide bonds. The molecular formula is C13H27N. The minimum Gasteiger partial charge on any atom is -0.317 e. The standard InChI is InChI=1S/C13H27N/c1-4-6-9-13(3,5-2)12-7-10-14-11-8-12/h12,14H,4-11H2,1-3H3. The maximum atomic E-state index is 3.47. The maximum Gasteiger partial charge on any atom is -0.00461 e. The van der Waals surface area contributed by atoms with Gasteiger partial charge in [-0.3, -0.25) is 0 Å². The van der Waals surface area contributed by atoms with Gasteiger partial charge in [-0.15, -0.1) is 0 Å². The van der Waals surface area contributed by atoms with E-state index in [0.717, 1.165) is 5.92 Å². The third-order valence-corrected chi connectivity index (χ3v) is 4.23. The van der Waals surface area contributed by atoms with Crippen LogP contribution in [-0.4, -0.2) is 13.1 Å². The largest absolute Gasteiger partial charge is 0.317 e. The summed E-state index contributed by atoms with van der Waals surface area (Å²) in [5.74, 6) is 0.972. The minimum atomic E-state index is 0.623. The quantitative estimate of drug-likeness (QED) is 0.710. The summed E-state index contributed by atoms with van der Waals surface area (Å²) in [6, 6.07) is 0. The Kier molecular flexibility index (Phi) is 4.94. The molecule has 1 fully saturated rings. The van der Waals surface area contributed by atoms with Crippen LogP contribution >= 0.6 is 0 Å². The summed E-state index contributed by atoms with van der Waals surface area (Å²) < 4.78 is 0. The molecule has 1 unspecified atom stereocenters. The topological polar surface area (TPSA) is 12.0 Å². The number of nitrogens with one attached hydrogen (secondary N) is 1.